The van der Waals surface area contributed by atoms with Crippen LogP contribution in [0, 0.1) is 12.7 Å². The van der Waals surface area contributed by atoms with Gasteiger partial charge in [-0.3, -0.25) is 9.59 Å². The molecule has 22 heavy (non-hydrogen) atoms. The van der Waals surface area contributed by atoms with Crippen LogP contribution in [-0.2, 0) is 11.8 Å². The van der Waals surface area contributed by atoms with Crippen molar-refractivity contribution < 1.29 is 13.9 Å². The van der Waals surface area contributed by atoms with Crippen LogP contribution in [0.3, 0.4) is 0 Å². The van der Waals surface area contributed by atoms with Gasteiger partial charge in [-0.05, 0) is 24.6 Å². The zero-order chi connectivity index (χ0) is 16.0. The molecule has 2 aromatic rings. The molecule has 0 saturated carbocycles. The molecular weight excluding hydrogens is 309 g/mol. The van der Waals surface area contributed by atoms with Crippen LogP contribution in [0.25, 0.3) is 0 Å². The molecule has 1 aromatic carbocycles. The van der Waals surface area contributed by atoms with E-state index in [0.717, 1.165) is 0 Å². The van der Waals surface area contributed by atoms with Crippen molar-refractivity contribution >= 4 is 17.6 Å². The monoisotopic (exact) mass is 321 g/mol. The molecule has 4 nitrogen and oxygen atoms in total. The van der Waals surface area contributed by atoms with E-state index in [1.165, 1.54) is 22.8 Å². The van der Waals surface area contributed by atoms with Gasteiger partial charge in [-0.25, -0.2) is 4.39 Å². The highest BCUT2D eigenvalue weighted by molar-refractivity contribution is 6.31. The molecule has 0 spiro atoms. The van der Waals surface area contributed by atoms with Crippen molar-refractivity contribution in [3.8, 4) is 5.75 Å². The highest BCUT2D eigenvalue weighted by Gasteiger charge is 2.33. The molecule has 1 aromatic heterocycles. The third-order valence-electron chi connectivity index (χ3n) is 3.95. The molecule has 6 heteroatoms. The topological polar surface area (TPSA) is 48.3 Å². The molecule has 1 atom stereocenters. The Hall–Kier alpha value is -2.14. The van der Waals surface area contributed by atoms with Crippen molar-refractivity contribution in [2.24, 2.45) is 7.05 Å². The van der Waals surface area contributed by atoms with E-state index >= 15 is 0 Å². The maximum Gasteiger partial charge on any atom is 0.312 e. The van der Waals surface area contributed by atoms with E-state index in [0.29, 0.717) is 16.8 Å². The first kappa shape index (κ1) is 14.8. The Morgan fingerprint density at radius 2 is 2.05 bits per heavy atom. The minimum absolute atomic E-state index is 0.00332. The van der Waals surface area contributed by atoms with Crippen LogP contribution < -0.4 is 10.3 Å². The van der Waals surface area contributed by atoms with Gasteiger partial charge in [-0.1, -0.05) is 17.7 Å². The van der Waals surface area contributed by atoms with Gasteiger partial charge in [0, 0.05) is 29.7 Å². The quantitative estimate of drug-likeness (QED) is 0.759. The van der Waals surface area contributed by atoms with Gasteiger partial charge < -0.3 is 9.30 Å². The average molecular weight is 322 g/mol. The molecule has 1 aliphatic rings. The largest absolute Gasteiger partial charge is 0.426 e. The zero-order valence-corrected chi connectivity index (χ0v) is 12.8. The van der Waals surface area contributed by atoms with Crippen LogP contribution in [0.1, 0.15) is 29.2 Å². The summed E-state index contributed by atoms with van der Waals surface area (Å²) in [5.74, 6) is -1.19. The Morgan fingerprint density at radius 1 is 1.32 bits per heavy atom. The number of rotatable bonds is 1. The Labute approximate surface area is 131 Å². The third-order valence-corrected chi connectivity index (χ3v) is 4.28. The fraction of sp³-hybridized carbons (Fsp3) is 0.250. The predicted molar refractivity (Wildman–Crippen MR) is 79.9 cm³/mol. The first-order valence-electron chi connectivity index (χ1n) is 6.74. The van der Waals surface area contributed by atoms with Crippen LogP contribution >= 0.6 is 11.6 Å². The average Bonchev–Trinajstić information content (AvgIpc) is 2.44. The van der Waals surface area contributed by atoms with E-state index in [4.69, 9.17) is 16.3 Å². The molecule has 0 saturated heterocycles. The number of pyridine rings is 1. The number of hydrogen-bond donors (Lipinski definition) is 0. The Kier molecular flexibility index (Phi) is 3.53. The second kappa shape index (κ2) is 5.25. The minimum atomic E-state index is -0.538. The molecule has 114 valence electrons. The summed E-state index contributed by atoms with van der Waals surface area (Å²) >= 11 is 6.10. The van der Waals surface area contributed by atoms with Gasteiger partial charge in [-0.2, -0.15) is 0 Å². The minimum Gasteiger partial charge on any atom is -0.426 e. The van der Waals surface area contributed by atoms with Crippen LogP contribution in [0.15, 0.2) is 29.1 Å². The summed E-state index contributed by atoms with van der Waals surface area (Å²) in [7, 11) is 1.65. The third kappa shape index (κ3) is 2.31. The SMILES string of the molecule is Cc1cc2c(c(=O)n1C)[C@@H](c1ccc(F)cc1Cl)CC(=O)O2. The van der Waals surface area contributed by atoms with E-state index in [-0.39, 0.29) is 22.8 Å². The number of carbonyl (C=O) groups excluding carboxylic acids is 1. The second-order valence-corrected chi connectivity index (χ2v) is 5.73. The van der Waals surface area contributed by atoms with Crippen molar-refractivity contribution in [1.29, 1.82) is 0 Å². The summed E-state index contributed by atoms with van der Waals surface area (Å²) < 4.78 is 19.9. The maximum atomic E-state index is 13.2. The maximum absolute atomic E-state index is 13.2. The first-order chi connectivity index (χ1) is 10.4. The van der Waals surface area contributed by atoms with Crippen LogP contribution in [0.5, 0.6) is 5.75 Å². The molecule has 2 heterocycles. The lowest BCUT2D eigenvalue weighted by Gasteiger charge is -2.26. The lowest BCUT2D eigenvalue weighted by Crippen LogP contribution is -2.32. The van der Waals surface area contributed by atoms with Crippen molar-refractivity contribution in [2.45, 2.75) is 19.3 Å². The number of hydrogen-bond acceptors (Lipinski definition) is 3. The van der Waals surface area contributed by atoms with Gasteiger partial charge in [0.2, 0.25) is 0 Å². The summed E-state index contributed by atoms with van der Waals surface area (Å²) in [6, 6.07) is 5.59. The summed E-state index contributed by atoms with van der Waals surface area (Å²) in [5, 5.41) is 0.188. The molecule has 0 radical (unpaired) electrons. The molecule has 0 amide bonds. The molecule has 0 aliphatic carbocycles. The Bertz CT molecular complexity index is 844. The van der Waals surface area contributed by atoms with Crippen LogP contribution in [0.4, 0.5) is 4.39 Å². The number of halogens is 2. The van der Waals surface area contributed by atoms with E-state index in [9.17, 15) is 14.0 Å². The van der Waals surface area contributed by atoms with Crippen molar-refractivity contribution in [3.63, 3.8) is 0 Å². The second-order valence-electron chi connectivity index (χ2n) is 5.32. The van der Waals surface area contributed by atoms with E-state index in [1.54, 1.807) is 20.0 Å². The fourth-order valence-corrected chi connectivity index (χ4v) is 3.00. The van der Waals surface area contributed by atoms with Gasteiger partial charge in [0.25, 0.3) is 5.56 Å². The first-order valence-corrected chi connectivity index (χ1v) is 7.12. The molecule has 0 unspecified atom stereocenters. The molecular formula is C16H13ClFNO3. The molecule has 3 rings (SSSR count). The van der Waals surface area contributed by atoms with Gasteiger partial charge >= 0.3 is 5.97 Å². The number of aromatic nitrogens is 1. The van der Waals surface area contributed by atoms with Crippen LogP contribution in [0.2, 0.25) is 5.02 Å². The highest BCUT2D eigenvalue weighted by Crippen LogP contribution is 2.39. The smallest absolute Gasteiger partial charge is 0.312 e. The number of ether oxygens (including phenoxy) is 1. The highest BCUT2D eigenvalue weighted by atomic mass is 35.5. The normalized spacial score (nSPS) is 17.1. The summed E-state index contributed by atoms with van der Waals surface area (Å²) in [6.07, 6.45) is -0.00332. The van der Waals surface area contributed by atoms with Crippen LogP contribution in [-0.4, -0.2) is 10.5 Å². The number of carbonyl (C=O) groups is 1. The zero-order valence-electron chi connectivity index (χ0n) is 12.0. The molecule has 1 aliphatic heterocycles. The molecule has 0 fully saturated rings. The van der Waals surface area contributed by atoms with E-state index < -0.39 is 17.7 Å². The number of fused-ring (bicyclic) bond motifs is 1. The predicted octanol–water partition coefficient (Wildman–Crippen LogP) is 2.93. The lowest BCUT2D eigenvalue weighted by molar-refractivity contribution is -0.135. The van der Waals surface area contributed by atoms with Gasteiger partial charge in [-0.15, -0.1) is 0 Å². The van der Waals surface area contributed by atoms with Crippen molar-refractivity contribution in [2.75, 3.05) is 0 Å². The van der Waals surface area contributed by atoms with E-state index in [2.05, 4.69) is 0 Å². The molecule has 0 bridgehead atoms. The fourth-order valence-electron chi connectivity index (χ4n) is 2.70. The number of esters is 1. The molecule has 0 N–H and O–H groups in total. The summed E-state index contributed by atoms with van der Waals surface area (Å²) in [5.41, 5.74) is 1.36. The van der Waals surface area contributed by atoms with E-state index in [1.807, 2.05) is 0 Å². The summed E-state index contributed by atoms with van der Waals surface area (Å²) in [4.78, 5) is 24.4. The van der Waals surface area contributed by atoms with Crippen molar-refractivity contribution in [1.82, 2.24) is 4.57 Å². The standard InChI is InChI=1S/C16H13ClFNO3/c1-8-5-13-15(16(21)19(8)2)11(7-14(20)22-13)10-4-3-9(18)6-12(10)17/h3-6,11H,7H2,1-2H3/t11-/m1/s1. The number of benzene rings is 1. The van der Waals surface area contributed by atoms with Gasteiger partial charge in [0.1, 0.15) is 11.6 Å². The Morgan fingerprint density at radius 3 is 2.73 bits per heavy atom. The lowest BCUT2D eigenvalue weighted by atomic mass is 9.87. The summed E-state index contributed by atoms with van der Waals surface area (Å²) in [6.45, 7) is 1.75. The van der Waals surface area contributed by atoms with Gasteiger partial charge in [0.05, 0.1) is 12.0 Å². The number of nitrogens with zero attached hydrogens (tertiary/aromatic N) is 1. The van der Waals surface area contributed by atoms with Crippen molar-refractivity contribution in [3.05, 3.63) is 62.3 Å². The van der Waals surface area contributed by atoms with Gasteiger partial charge in [0.15, 0.2) is 0 Å². The Balaban J connectivity index is 2.26. The number of aryl methyl sites for hydroxylation is 1.